The summed E-state index contributed by atoms with van der Waals surface area (Å²) < 4.78 is 0. The Labute approximate surface area is 114 Å². The zero-order valence-electron chi connectivity index (χ0n) is 13.8. The summed E-state index contributed by atoms with van der Waals surface area (Å²) in [6.07, 6.45) is 5.12. The Balaban J connectivity index is -0.000000389. The summed E-state index contributed by atoms with van der Waals surface area (Å²) in [7, 11) is 2.08. The fourth-order valence-electron chi connectivity index (χ4n) is 1.58. The van der Waals surface area contributed by atoms with Crippen molar-refractivity contribution in [3.05, 3.63) is 0 Å². The van der Waals surface area contributed by atoms with Crippen LogP contribution in [-0.4, -0.2) is 24.2 Å². The van der Waals surface area contributed by atoms with Crippen LogP contribution in [0, 0.1) is 5.41 Å². The Morgan fingerprint density at radius 3 is 1.67 bits per heavy atom. The van der Waals surface area contributed by atoms with Gasteiger partial charge in [0.2, 0.25) is 0 Å². The number of hydrogen-bond acceptors (Lipinski definition) is 2. The fourth-order valence-corrected chi connectivity index (χ4v) is 1.58. The lowest BCUT2D eigenvalue weighted by Gasteiger charge is -2.32. The molecule has 0 spiro atoms. The molecule has 0 aliphatic rings. The normalized spacial score (nSPS) is 13.3. The predicted molar refractivity (Wildman–Crippen MR) is 81.1 cm³/mol. The van der Waals surface area contributed by atoms with E-state index in [2.05, 4.69) is 47.0 Å². The maximum absolute atomic E-state index is 8.36. The van der Waals surface area contributed by atoms with Crippen LogP contribution in [0.4, 0.5) is 0 Å². The summed E-state index contributed by atoms with van der Waals surface area (Å²) in [6.45, 7) is 15.3. The van der Waals surface area contributed by atoms with Crippen molar-refractivity contribution in [3.8, 4) is 0 Å². The van der Waals surface area contributed by atoms with Crippen LogP contribution in [0.15, 0.2) is 0 Å². The minimum atomic E-state index is -0.250. The molecular weight excluding hydrogens is 226 g/mol. The quantitative estimate of drug-likeness (QED) is 0.725. The zero-order valence-corrected chi connectivity index (χ0v) is 13.8. The molecule has 0 aromatic rings. The highest BCUT2D eigenvalue weighted by atomic mass is 16.3. The lowest BCUT2D eigenvalue weighted by molar-refractivity contribution is -0.122. The first-order valence-corrected chi connectivity index (χ1v) is 7.01. The molecule has 1 unspecified atom stereocenters. The molecule has 0 amide bonds. The second-order valence-corrected chi connectivity index (χ2v) is 5.73. The standard InChI is InChI=1S/C12H27N.C2H6.CH2O2/c1-7-8-12(5,13-6)10-9-11(2,3)4;1-2;2-1-3/h13H,7-10H2,1-6H3;1-2H3;1H,(H,2,3). The van der Waals surface area contributed by atoms with Gasteiger partial charge in [-0.3, -0.25) is 4.79 Å². The van der Waals surface area contributed by atoms with Gasteiger partial charge in [0.05, 0.1) is 0 Å². The van der Waals surface area contributed by atoms with Gasteiger partial charge in [0.15, 0.2) is 0 Å². The van der Waals surface area contributed by atoms with Gasteiger partial charge in [0.1, 0.15) is 0 Å². The maximum atomic E-state index is 8.36. The highest BCUT2D eigenvalue weighted by molar-refractivity contribution is 5.32. The van der Waals surface area contributed by atoms with Gasteiger partial charge in [-0.1, -0.05) is 48.0 Å². The maximum Gasteiger partial charge on any atom is 0.290 e. The summed E-state index contributed by atoms with van der Waals surface area (Å²) in [5.74, 6) is 0. The molecule has 0 saturated heterocycles. The first-order chi connectivity index (χ1) is 8.24. The smallest absolute Gasteiger partial charge is 0.290 e. The molecule has 0 aliphatic carbocycles. The molecule has 0 fully saturated rings. The molecule has 0 saturated carbocycles. The van der Waals surface area contributed by atoms with Gasteiger partial charge in [-0.2, -0.15) is 0 Å². The van der Waals surface area contributed by atoms with Crippen LogP contribution in [-0.2, 0) is 4.79 Å². The molecule has 0 aromatic carbocycles. The molecule has 112 valence electrons. The van der Waals surface area contributed by atoms with Crippen molar-refractivity contribution in [2.24, 2.45) is 5.41 Å². The summed E-state index contributed by atoms with van der Waals surface area (Å²) in [4.78, 5) is 8.36. The van der Waals surface area contributed by atoms with Gasteiger partial charge in [0.25, 0.3) is 6.47 Å². The van der Waals surface area contributed by atoms with Crippen molar-refractivity contribution in [2.45, 2.75) is 79.7 Å². The van der Waals surface area contributed by atoms with Crippen molar-refractivity contribution in [2.75, 3.05) is 7.05 Å². The van der Waals surface area contributed by atoms with E-state index in [9.17, 15) is 0 Å². The minimum absolute atomic E-state index is 0.250. The van der Waals surface area contributed by atoms with Crippen LogP contribution in [0.3, 0.4) is 0 Å². The minimum Gasteiger partial charge on any atom is -0.483 e. The average Bonchev–Trinajstić information content (AvgIpc) is 2.30. The van der Waals surface area contributed by atoms with Gasteiger partial charge in [-0.05, 0) is 38.6 Å². The number of nitrogens with one attached hydrogen (secondary N) is 1. The lowest BCUT2D eigenvalue weighted by atomic mass is 9.82. The Kier molecular flexibility index (Phi) is 16.2. The molecule has 1 atom stereocenters. The van der Waals surface area contributed by atoms with Crippen molar-refractivity contribution in [1.82, 2.24) is 5.32 Å². The summed E-state index contributed by atoms with van der Waals surface area (Å²) >= 11 is 0. The molecule has 0 aromatic heterocycles. The number of hydrogen-bond donors (Lipinski definition) is 2. The van der Waals surface area contributed by atoms with E-state index in [-0.39, 0.29) is 6.47 Å². The van der Waals surface area contributed by atoms with E-state index < -0.39 is 0 Å². The SMILES string of the molecule is CC.CCCC(C)(CCC(C)(C)C)NC.O=CO. The van der Waals surface area contributed by atoms with Crippen LogP contribution in [0.25, 0.3) is 0 Å². The van der Waals surface area contributed by atoms with Crippen LogP contribution in [0.5, 0.6) is 0 Å². The van der Waals surface area contributed by atoms with Crippen molar-refractivity contribution in [1.29, 1.82) is 0 Å². The van der Waals surface area contributed by atoms with E-state index in [0.717, 1.165) is 0 Å². The lowest BCUT2D eigenvalue weighted by Crippen LogP contribution is -2.40. The molecule has 18 heavy (non-hydrogen) atoms. The van der Waals surface area contributed by atoms with Crippen molar-refractivity contribution >= 4 is 6.47 Å². The van der Waals surface area contributed by atoms with E-state index in [1.54, 1.807) is 0 Å². The molecule has 0 rings (SSSR count). The molecule has 2 N–H and O–H groups in total. The largest absolute Gasteiger partial charge is 0.483 e. The third-order valence-electron chi connectivity index (χ3n) is 2.83. The molecule has 0 radical (unpaired) electrons. The summed E-state index contributed by atoms with van der Waals surface area (Å²) in [6, 6.07) is 0. The van der Waals surface area contributed by atoms with E-state index in [1.807, 2.05) is 13.8 Å². The molecule has 0 bridgehead atoms. The van der Waals surface area contributed by atoms with Crippen LogP contribution in [0.2, 0.25) is 0 Å². The Bertz CT molecular complexity index is 176. The summed E-state index contributed by atoms with van der Waals surface area (Å²) in [5.41, 5.74) is 0.813. The van der Waals surface area contributed by atoms with Crippen LogP contribution < -0.4 is 5.32 Å². The van der Waals surface area contributed by atoms with Gasteiger partial charge >= 0.3 is 0 Å². The van der Waals surface area contributed by atoms with Crippen LogP contribution >= 0.6 is 0 Å². The van der Waals surface area contributed by atoms with Gasteiger partial charge in [-0.15, -0.1) is 0 Å². The van der Waals surface area contributed by atoms with Gasteiger partial charge < -0.3 is 10.4 Å². The Hall–Kier alpha value is -0.570. The van der Waals surface area contributed by atoms with E-state index in [0.29, 0.717) is 11.0 Å². The average molecular weight is 261 g/mol. The first-order valence-electron chi connectivity index (χ1n) is 7.01. The fraction of sp³-hybridized carbons (Fsp3) is 0.933. The van der Waals surface area contributed by atoms with Gasteiger partial charge in [-0.25, -0.2) is 0 Å². The van der Waals surface area contributed by atoms with E-state index in [1.165, 1.54) is 25.7 Å². The van der Waals surface area contributed by atoms with E-state index in [4.69, 9.17) is 9.90 Å². The molecular formula is C15H35NO2. The van der Waals surface area contributed by atoms with Gasteiger partial charge in [0, 0.05) is 5.54 Å². The molecule has 0 heterocycles. The second-order valence-electron chi connectivity index (χ2n) is 5.73. The number of carbonyl (C=O) groups is 1. The second kappa shape index (κ2) is 12.9. The third-order valence-corrected chi connectivity index (χ3v) is 2.83. The zero-order chi connectivity index (χ0) is 15.2. The topological polar surface area (TPSA) is 49.3 Å². The number of carboxylic acid groups (broad SMARTS) is 1. The number of rotatable bonds is 5. The highest BCUT2D eigenvalue weighted by Crippen LogP contribution is 2.27. The first kappa shape index (κ1) is 22.6. The molecule has 3 nitrogen and oxygen atoms in total. The molecule has 3 heteroatoms. The van der Waals surface area contributed by atoms with Crippen molar-refractivity contribution in [3.63, 3.8) is 0 Å². The van der Waals surface area contributed by atoms with E-state index >= 15 is 0 Å². The third kappa shape index (κ3) is 17.8. The Morgan fingerprint density at radius 1 is 1.06 bits per heavy atom. The summed E-state index contributed by atoms with van der Waals surface area (Å²) in [5, 5.41) is 10.3. The Morgan fingerprint density at radius 2 is 1.44 bits per heavy atom. The highest BCUT2D eigenvalue weighted by Gasteiger charge is 2.23. The molecule has 0 aliphatic heterocycles. The monoisotopic (exact) mass is 261 g/mol. The van der Waals surface area contributed by atoms with Crippen LogP contribution in [0.1, 0.15) is 74.1 Å². The predicted octanol–water partition coefficient (Wildman–Crippen LogP) is 4.32. The van der Waals surface area contributed by atoms with Crippen molar-refractivity contribution < 1.29 is 9.90 Å².